The lowest BCUT2D eigenvalue weighted by Crippen LogP contribution is -2.59. The highest BCUT2D eigenvalue weighted by molar-refractivity contribution is 7.86. The van der Waals surface area contributed by atoms with Crippen LogP contribution in [0, 0.1) is 6.92 Å². The van der Waals surface area contributed by atoms with Crippen molar-refractivity contribution in [2.75, 3.05) is 6.61 Å². The van der Waals surface area contributed by atoms with Gasteiger partial charge in [-0.2, -0.15) is 8.42 Å². The minimum Gasteiger partial charge on any atom is -0.374 e. The Bertz CT molecular complexity index is 1380. The molecule has 0 amide bonds. The van der Waals surface area contributed by atoms with Gasteiger partial charge < -0.3 is 4.74 Å². The first-order valence-electron chi connectivity index (χ1n) is 13.2. The summed E-state index contributed by atoms with van der Waals surface area (Å²) >= 11 is 0. The maximum absolute atomic E-state index is 13.4. The highest BCUT2D eigenvalue weighted by atomic mass is 32.2. The Morgan fingerprint density at radius 3 is 1.82 bits per heavy atom. The molecule has 4 rings (SSSR count). The quantitative estimate of drug-likeness (QED) is 0.113. The van der Waals surface area contributed by atoms with Crippen LogP contribution in [-0.4, -0.2) is 29.2 Å². The molecular formula is C33H36O4SSi. The van der Waals surface area contributed by atoms with E-state index in [2.05, 4.69) is 61.7 Å². The van der Waals surface area contributed by atoms with Crippen LogP contribution in [0.4, 0.5) is 0 Å². The molecule has 2 atom stereocenters. The predicted octanol–water partition coefficient (Wildman–Crippen LogP) is 6.13. The van der Waals surface area contributed by atoms with Gasteiger partial charge in [-0.3, -0.25) is 4.18 Å². The highest BCUT2D eigenvalue weighted by Crippen LogP contribution is 2.31. The Hall–Kier alpha value is -3.29. The third-order valence-corrected chi connectivity index (χ3v) is 13.7. The summed E-state index contributed by atoms with van der Waals surface area (Å²) in [6.07, 6.45) is 1.73. The van der Waals surface area contributed by atoms with E-state index in [9.17, 15) is 8.42 Å². The van der Waals surface area contributed by atoms with E-state index >= 15 is 0 Å². The van der Waals surface area contributed by atoms with Gasteiger partial charge in [0.15, 0.2) is 0 Å². The molecule has 4 nitrogen and oxygen atoms in total. The van der Waals surface area contributed by atoms with Crippen LogP contribution in [0.1, 0.15) is 17.5 Å². The van der Waals surface area contributed by atoms with Crippen LogP contribution in [0.5, 0.6) is 0 Å². The summed E-state index contributed by atoms with van der Waals surface area (Å²) in [5.74, 6) is 0. The van der Waals surface area contributed by atoms with Crippen molar-refractivity contribution in [1.82, 2.24) is 0 Å². The molecule has 4 aromatic carbocycles. The van der Waals surface area contributed by atoms with E-state index in [1.807, 2.05) is 55.5 Å². The van der Waals surface area contributed by atoms with Crippen LogP contribution in [0.3, 0.4) is 0 Å². The van der Waals surface area contributed by atoms with Crippen LogP contribution in [0.15, 0.2) is 133 Å². The zero-order valence-corrected chi connectivity index (χ0v) is 24.4. The molecule has 0 aliphatic carbocycles. The summed E-state index contributed by atoms with van der Waals surface area (Å²) in [7, 11) is -6.41. The van der Waals surface area contributed by atoms with Gasteiger partial charge in [0, 0.05) is 0 Å². The van der Waals surface area contributed by atoms with Crippen molar-refractivity contribution in [1.29, 1.82) is 0 Å². The maximum Gasteiger partial charge on any atom is 0.297 e. The Kier molecular flexibility index (Phi) is 9.70. The Morgan fingerprint density at radius 1 is 0.795 bits per heavy atom. The van der Waals surface area contributed by atoms with Gasteiger partial charge in [-0.25, -0.2) is 0 Å². The van der Waals surface area contributed by atoms with Crippen LogP contribution in [-0.2, 0) is 25.6 Å². The molecule has 0 saturated carbocycles. The average molecular weight is 557 g/mol. The van der Waals surface area contributed by atoms with Gasteiger partial charge in [-0.05, 0) is 36.6 Å². The molecule has 0 aliphatic heterocycles. The summed E-state index contributed by atoms with van der Waals surface area (Å²) in [6, 6.07) is 37.5. The van der Waals surface area contributed by atoms with Crippen molar-refractivity contribution >= 4 is 28.6 Å². The Labute approximate surface area is 234 Å². The lowest BCUT2D eigenvalue weighted by molar-refractivity contribution is 0.0407. The molecule has 0 N–H and O–H groups in total. The van der Waals surface area contributed by atoms with Crippen molar-refractivity contribution in [2.45, 2.75) is 43.0 Å². The van der Waals surface area contributed by atoms with Gasteiger partial charge in [-0.1, -0.05) is 132 Å². The standard InChI is InChI=1S/C33H36O4SSi/c1-4-31(39(3,32-16-10-6-11-17-32)33-18-12-7-13-19-33)24-29(26-36-25-28-14-8-5-9-15-28)37-38(34,35)30-22-20-27(2)21-23-30/h4-23,29,31H,1,24-26H2,2-3H3. The van der Waals surface area contributed by atoms with Crippen LogP contribution in [0.25, 0.3) is 0 Å². The molecule has 0 heterocycles. The van der Waals surface area contributed by atoms with Crippen LogP contribution >= 0.6 is 0 Å². The smallest absolute Gasteiger partial charge is 0.297 e. The lowest BCUT2D eigenvalue weighted by atomic mass is 10.2. The van der Waals surface area contributed by atoms with Gasteiger partial charge in [0.05, 0.1) is 18.1 Å². The number of benzene rings is 4. The summed E-state index contributed by atoms with van der Waals surface area (Å²) in [5.41, 5.74) is 1.99. The fourth-order valence-corrected chi connectivity index (χ4v) is 10.2. The van der Waals surface area contributed by atoms with Crippen molar-refractivity contribution in [3.05, 3.63) is 139 Å². The predicted molar refractivity (Wildman–Crippen MR) is 162 cm³/mol. The summed E-state index contributed by atoms with van der Waals surface area (Å²) in [5, 5.41) is 2.51. The molecule has 0 aliphatic rings. The molecule has 0 radical (unpaired) electrons. The number of aryl methyl sites for hydroxylation is 1. The van der Waals surface area contributed by atoms with E-state index in [4.69, 9.17) is 8.92 Å². The molecule has 0 saturated heterocycles. The largest absolute Gasteiger partial charge is 0.374 e. The normalized spacial score (nSPS) is 13.5. The molecule has 0 aromatic heterocycles. The first-order valence-corrected chi connectivity index (χ1v) is 17.2. The molecule has 4 aromatic rings. The minimum atomic E-state index is -4.00. The SMILES string of the molecule is C=CC(CC(COCc1ccccc1)OS(=O)(=O)c1ccc(C)cc1)[Si](C)(c1ccccc1)c1ccccc1. The zero-order valence-electron chi connectivity index (χ0n) is 22.6. The molecule has 0 bridgehead atoms. The molecule has 0 fully saturated rings. The van der Waals surface area contributed by atoms with Gasteiger partial charge >= 0.3 is 0 Å². The number of hydrogen-bond donors (Lipinski definition) is 0. The first-order chi connectivity index (χ1) is 18.8. The van der Waals surface area contributed by atoms with Gasteiger partial charge in [0.1, 0.15) is 14.2 Å². The average Bonchev–Trinajstić information content (AvgIpc) is 2.97. The number of hydrogen-bond acceptors (Lipinski definition) is 4. The maximum atomic E-state index is 13.4. The summed E-state index contributed by atoms with van der Waals surface area (Å²) < 4.78 is 38.7. The number of ether oxygens (including phenoxy) is 1. The van der Waals surface area contributed by atoms with Crippen molar-refractivity contribution in [3.8, 4) is 0 Å². The monoisotopic (exact) mass is 556 g/mol. The Morgan fingerprint density at radius 2 is 1.31 bits per heavy atom. The van der Waals surface area contributed by atoms with E-state index < -0.39 is 24.3 Å². The van der Waals surface area contributed by atoms with Crippen molar-refractivity contribution in [2.24, 2.45) is 0 Å². The highest BCUT2D eigenvalue weighted by Gasteiger charge is 2.40. The van der Waals surface area contributed by atoms with E-state index in [0.717, 1.165) is 11.1 Å². The fraction of sp³-hybridized carbons (Fsp3) is 0.212. The third-order valence-electron chi connectivity index (χ3n) is 7.28. The molecule has 6 heteroatoms. The molecule has 0 spiro atoms. The third kappa shape index (κ3) is 7.22. The van der Waals surface area contributed by atoms with Crippen LogP contribution < -0.4 is 10.4 Å². The van der Waals surface area contributed by atoms with Crippen LogP contribution in [0.2, 0.25) is 12.1 Å². The second-order valence-corrected chi connectivity index (χ2v) is 15.9. The zero-order chi connectivity index (χ0) is 27.7. The molecular weight excluding hydrogens is 521 g/mol. The van der Waals surface area contributed by atoms with Gasteiger partial charge in [0.25, 0.3) is 10.1 Å². The molecule has 39 heavy (non-hydrogen) atoms. The number of rotatable bonds is 13. The second-order valence-electron chi connectivity index (χ2n) is 10.00. The van der Waals surface area contributed by atoms with E-state index in [1.54, 1.807) is 24.3 Å². The molecule has 2 unspecified atom stereocenters. The van der Waals surface area contributed by atoms with E-state index in [0.29, 0.717) is 13.0 Å². The fourth-order valence-electron chi connectivity index (χ4n) is 4.97. The summed E-state index contributed by atoms with van der Waals surface area (Å²) in [4.78, 5) is 0.141. The summed E-state index contributed by atoms with van der Waals surface area (Å²) in [6.45, 7) is 8.96. The first kappa shape index (κ1) is 28.7. The second kappa shape index (κ2) is 13.2. The van der Waals surface area contributed by atoms with E-state index in [1.165, 1.54) is 10.4 Å². The molecule has 202 valence electrons. The van der Waals surface area contributed by atoms with Crippen molar-refractivity contribution in [3.63, 3.8) is 0 Å². The Balaban J connectivity index is 1.65. The van der Waals surface area contributed by atoms with Crippen molar-refractivity contribution < 1.29 is 17.3 Å². The van der Waals surface area contributed by atoms with Gasteiger partial charge in [0.2, 0.25) is 0 Å². The lowest BCUT2D eigenvalue weighted by Gasteiger charge is -2.37. The minimum absolute atomic E-state index is 0.0131. The number of allylic oxidation sites excluding steroid dienone is 1. The topological polar surface area (TPSA) is 52.6 Å². The van der Waals surface area contributed by atoms with E-state index in [-0.39, 0.29) is 17.0 Å². The van der Waals surface area contributed by atoms with Gasteiger partial charge in [-0.15, -0.1) is 6.58 Å².